The van der Waals surface area contributed by atoms with Crippen LogP contribution in [0.1, 0.15) is 10.6 Å². The van der Waals surface area contributed by atoms with Crippen LogP contribution in [0.5, 0.6) is 0 Å². The maximum atomic E-state index is 5.70. The van der Waals surface area contributed by atoms with Crippen molar-refractivity contribution in [3.05, 3.63) is 28.6 Å². The van der Waals surface area contributed by atoms with Crippen molar-refractivity contribution in [3.8, 4) is 0 Å². The van der Waals surface area contributed by atoms with Gasteiger partial charge in [-0.25, -0.2) is 15.0 Å². The molecule has 0 fully saturated rings. The van der Waals surface area contributed by atoms with Crippen LogP contribution in [0.15, 0.2) is 18.0 Å². The maximum absolute atomic E-state index is 5.70. The molecule has 0 amide bonds. The number of rotatable bonds is 3. The summed E-state index contributed by atoms with van der Waals surface area (Å²) in [5.74, 6) is 0.665. The number of aromatic nitrogens is 3. The minimum atomic E-state index is 0.555. The fraction of sp³-hybridized carbons (Fsp3) is 0.222. The summed E-state index contributed by atoms with van der Waals surface area (Å²) in [4.78, 5) is 13.2. The van der Waals surface area contributed by atoms with Gasteiger partial charge in [-0.1, -0.05) is 0 Å². The van der Waals surface area contributed by atoms with E-state index in [9.17, 15) is 0 Å². The zero-order valence-corrected chi connectivity index (χ0v) is 9.08. The van der Waals surface area contributed by atoms with Crippen LogP contribution in [-0.4, -0.2) is 15.0 Å². The van der Waals surface area contributed by atoms with Crippen molar-refractivity contribution < 1.29 is 0 Å². The topological polar surface area (TPSA) is 76.7 Å². The summed E-state index contributed by atoms with van der Waals surface area (Å²) >= 11 is 1.62. The van der Waals surface area contributed by atoms with Crippen LogP contribution < -0.4 is 11.1 Å². The third-order valence-corrected chi connectivity index (χ3v) is 2.94. The summed E-state index contributed by atoms with van der Waals surface area (Å²) < 4.78 is 0. The zero-order chi connectivity index (χ0) is 10.7. The molecule has 2 aromatic heterocycles. The van der Waals surface area contributed by atoms with E-state index in [1.54, 1.807) is 17.5 Å². The van der Waals surface area contributed by atoms with Crippen LogP contribution >= 0.6 is 11.3 Å². The largest absolute Gasteiger partial charge is 0.394 e. The molecule has 0 unspecified atom stereocenters. The highest BCUT2D eigenvalue weighted by molar-refractivity contribution is 7.09. The average molecular weight is 221 g/mol. The molecule has 0 aromatic carbocycles. The van der Waals surface area contributed by atoms with E-state index in [1.807, 2.05) is 12.4 Å². The summed E-state index contributed by atoms with van der Waals surface area (Å²) in [6, 6.07) is 0. The molecule has 0 aliphatic carbocycles. The van der Waals surface area contributed by atoms with E-state index >= 15 is 0 Å². The second-order valence-corrected chi connectivity index (χ2v) is 3.98. The highest BCUT2D eigenvalue weighted by Gasteiger charge is 2.03. The SMILES string of the molecule is Cc1ncsc1CNc1ncncc1N. The van der Waals surface area contributed by atoms with Crippen molar-refractivity contribution in [3.63, 3.8) is 0 Å². The van der Waals surface area contributed by atoms with Gasteiger partial charge in [0.05, 0.1) is 29.6 Å². The van der Waals surface area contributed by atoms with Gasteiger partial charge >= 0.3 is 0 Å². The summed E-state index contributed by atoms with van der Waals surface area (Å²) in [6.07, 6.45) is 3.05. The van der Waals surface area contributed by atoms with E-state index in [1.165, 1.54) is 11.2 Å². The lowest BCUT2D eigenvalue weighted by atomic mass is 10.4. The monoisotopic (exact) mass is 221 g/mol. The first-order valence-electron chi connectivity index (χ1n) is 4.45. The van der Waals surface area contributed by atoms with Gasteiger partial charge in [-0.3, -0.25) is 0 Å². The third-order valence-electron chi connectivity index (χ3n) is 2.00. The summed E-state index contributed by atoms with van der Waals surface area (Å²) in [5, 5.41) is 3.15. The van der Waals surface area contributed by atoms with Crippen LogP contribution in [0.2, 0.25) is 0 Å². The minimum Gasteiger partial charge on any atom is -0.394 e. The minimum absolute atomic E-state index is 0.555. The quantitative estimate of drug-likeness (QED) is 0.820. The lowest BCUT2D eigenvalue weighted by molar-refractivity contribution is 1.08. The van der Waals surface area contributed by atoms with Gasteiger partial charge in [0.25, 0.3) is 0 Å². The zero-order valence-electron chi connectivity index (χ0n) is 8.27. The molecule has 0 radical (unpaired) electrons. The molecule has 3 N–H and O–H groups in total. The van der Waals surface area contributed by atoms with Crippen LogP contribution in [0.25, 0.3) is 0 Å². The van der Waals surface area contributed by atoms with Crippen molar-refractivity contribution in [2.24, 2.45) is 0 Å². The van der Waals surface area contributed by atoms with Crippen molar-refractivity contribution >= 4 is 22.8 Å². The summed E-state index contributed by atoms with van der Waals surface area (Å²) in [6.45, 7) is 2.68. The highest BCUT2D eigenvalue weighted by Crippen LogP contribution is 2.16. The van der Waals surface area contributed by atoms with E-state index < -0.39 is 0 Å². The van der Waals surface area contributed by atoms with Gasteiger partial charge in [-0.2, -0.15) is 0 Å². The predicted octanol–water partition coefficient (Wildman–Crippen LogP) is 1.44. The van der Waals surface area contributed by atoms with Crippen LogP contribution in [-0.2, 0) is 6.54 Å². The van der Waals surface area contributed by atoms with Gasteiger partial charge in [0.1, 0.15) is 6.33 Å². The maximum Gasteiger partial charge on any atom is 0.152 e. The van der Waals surface area contributed by atoms with Gasteiger partial charge in [-0.05, 0) is 6.92 Å². The molecule has 0 aliphatic rings. The lowest BCUT2D eigenvalue weighted by Crippen LogP contribution is -2.04. The number of nitrogens with two attached hydrogens (primary N) is 1. The van der Waals surface area contributed by atoms with E-state index in [2.05, 4.69) is 20.3 Å². The van der Waals surface area contributed by atoms with Crippen LogP contribution in [0, 0.1) is 6.92 Å². The normalized spacial score (nSPS) is 10.2. The Morgan fingerprint density at radius 1 is 1.47 bits per heavy atom. The molecule has 0 saturated heterocycles. The molecule has 2 aromatic rings. The molecule has 0 aliphatic heterocycles. The number of thiazole rings is 1. The Labute approximate surface area is 91.4 Å². The molecule has 0 spiro atoms. The van der Waals surface area contributed by atoms with Gasteiger partial charge in [0, 0.05) is 4.88 Å². The molecule has 78 valence electrons. The second kappa shape index (κ2) is 4.22. The Hall–Kier alpha value is -1.69. The molecule has 0 saturated carbocycles. The molecule has 0 atom stereocenters. The second-order valence-electron chi connectivity index (χ2n) is 3.04. The molecule has 15 heavy (non-hydrogen) atoms. The molecule has 2 rings (SSSR count). The van der Waals surface area contributed by atoms with Crippen LogP contribution in [0.4, 0.5) is 11.5 Å². The molecular weight excluding hydrogens is 210 g/mol. The number of hydrogen-bond acceptors (Lipinski definition) is 6. The molecular formula is C9H11N5S. The van der Waals surface area contributed by atoms with Crippen molar-refractivity contribution in [1.29, 1.82) is 0 Å². The molecule has 2 heterocycles. The first kappa shape index (κ1) is 9.85. The van der Waals surface area contributed by atoms with E-state index in [0.717, 1.165) is 5.69 Å². The first-order chi connectivity index (χ1) is 7.27. The number of nitrogen functional groups attached to an aromatic ring is 1. The van der Waals surface area contributed by atoms with Gasteiger partial charge < -0.3 is 11.1 Å². The van der Waals surface area contributed by atoms with E-state index in [0.29, 0.717) is 18.1 Å². The van der Waals surface area contributed by atoms with Gasteiger partial charge in [0.2, 0.25) is 0 Å². The lowest BCUT2D eigenvalue weighted by Gasteiger charge is -2.05. The third kappa shape index (κ3) is 2.21. The number of anilines is 2. The number of aryl methyl sites for hydroxylation is 1. The van der Waals surface area contributed by atoms with Crippen molar-refractivity contribution in [2.75, 3.05) is 11.1 Å². The van der Waals surface area contributed by atoms with E-state index in [4.69, 9.17) is 5.73 Å². The summed E-state index contributed by atoms with van der Waals surface area (Å²) in [5.41, 5.74) is 9.12. The summed E-state index contributed by atoms with van der Waals surface area (Å²) in [7, 11) is 0. The molecule has 5 nitrogen and oxygen atoms in total. The predicted molar refractivity (Wildman–Crippen MR) is 60.6 cm³/mol. The number of nitrogens with zero attached hydrogens (tertiary/aromatic N) is 3. The Bertz CT molecular complexity index is 453. The Balaban J connectivity index is 2.06. The van der Waals surface area contributed by atoms with Crippen LogP contribution in [0.3, 0.4) is 0 Å². The Morgan fingerprint density at radius 3 is 3.00 bits per heavy atom. The Kier molecular flexibility index (Phi) is 2.77. The molecule has 0 bridgehead atoms. The average Bonchev–Trinajstić information content (AvgIpc) is 2.63. The van der Waals surface area contributed by atoms with Crippen molar-refractivity contribution in [1.82, 2.24) is 15.0 Å². The fourth-order valence-corrected chi connectivity index (χ4v) is 1.86. The fourth-order valence-electron chi connectivity index (χ4n) is 1.15. The smallest absolute Gasteiger partial charge is 0.152 e. The number of nitrogens with one attached hydrogen (secondary N) is 1. The van der Waals surface area contributed by atoms with E-state index in [-0.39, 0.29) is 0 Å². The highest BCUT2D eigenvalue weighted by atomic mass is 32.1. The van der Waals surface area contributed by atoms with Crippen molar-refractivity contribution in [2.45, 2.75) is 13.5 Å². The number of hydrogen-bond donors (Lipinski definition) is 2. The first-order valence-corrected chi connectivity index (χ1v) is 5.33. The molecule has 6 heteroatoms. The van der Waals surface area contributed by atoms with Gasteiger partial charge in [0.15, 0.2) is 5.82 Å². The Morgan fingerprint density at radius 2 is 2.33 bits per heavy atom. The van der Waals surface area contributed by atoms with Gasteiger partial charge in [-0.15, -0.1) is 11.3 Å². The standard InChI is InChI=1S/C9H11N5S/c1-6-8(15-5-14-6)3-12-9-7(10)2-11-4-13-9/h2,4-5H,3,10H2,1H3,(H,11,12,13).